The van der Waals surface area contributed by atoms with Gasteiger partial charge in [0.1, 0.15) is 0 Å². The van der Waals surface area contributed by atoms with E-state index in [2.05, 4.69) is 5.32 Å². The van der Waals surface area contributed by atoms with Crippen molar-refractivity contribution < 1.29 is 14.9 Å². The molecule has 1 aromatic rings. The Morgan fingerprint density at radius 1 is 1.29 bits per heavy atom. The van der Waals surface area contributed by atoms with Crippen molar-refractivity contribution in [1.29, 1.82) is 0 Å². The quantitative estimate of drug-likeness (QED) is 0.609. The van der Waals surface area contributed by atoms with Crippen LogP contribution in [-0.4, -0.2) is 43.1 Å². The molecule has 0 aromatic heterocycles. The van der Waals surface area contributed by atoms with Gasteiger partial charge in [-0.05, 0) is 6.07 Å². The first-order chi connectivity index (χ1) is 8.25. The topological polar surface area (TPSA) is 61.7 Å². The third-order valence-electron chi connectivity index (χ3n) is 2.26. The van der Waals surface area contributed by atoms with Gasteiger partial charge in [-0.15, -0.1) is 0 Å². The molecule has 1 unspecified atom stereocenters. The van der Waals surface area contributed by atoms with Crippen LogP contribution in [-0.2, 0) is 4.74 Å². The molecule has 0 fully saturated rings. The number of hydrogen-bond acceptors (Lipinski definition) is 4. The number of nitrogens with one attached hydrogen (secondary N) is 1. The van der Waals surface area contributed by atoms with Crippen LogP contribution in [0.2, 0.25) is 5.02 Å². The molecule has 0 saturated carbocycles. The Balaban J connectivity index is 2.21. The minimum Gasteiger partial charge on any atom is -0.394 e. The third-order valence-corrected chi connectivity index (χ3v) is 2.60. The molecule has 0 aliphatic heterocycles. The summed E-state index contributed by atoms with van der Waals surface area (Å²) in [5.74, 6) is 0. The van der Waals surface area contributed by atoms with Crippen molar-refractivity contribution in [2.45, 2.75) is 6.10 Å². The predicted octanol–water partition coefficient (Wildman–Crippen LogP) is 0.972. The van der Waals surface area contributed by atoms with Crippen molar-refractivity contribution in [3.05, 3.63) is 34.9 Å². The molecule has 96 valence electrons. The minimum atomic E-state index is -0.624. The molecule has 0 spiro atoms. The Morgan fingerprint density at radius 2 is 2.06 bits per heavy atom. The Hall–Kier alpha value is -0.650. The molecule has 1 aromatic carbocycles. The van der Waals surface area contributed by atoms with Crippen LogP contribution in [0.15, 0.2) is 24.3 Å². The van der Waals surface area contributed by atoms with Gasteiger partial charge in [0, 0.05) is 23.7 Å². The van der Waals surface area contributed by atoms with Crippen LogP contribution in [0, 0.1) is 0 Å². The fourth-order valence-electron chi connectivity index (χ4n) is 1.41. The Kier molecular flexibility index (Phi) is 7.16. The number of benzene rings is 1. The standard InChI is InChI=1S/C12H18ClNO3/c13-11-4-2-1-3-10(11)12(16)9-14-5-7-17-8-6-15/h1-4,12,14-16H,5-9H2. The monoisotopic (exact) mass is 259 g/mol. The Morgan fingerprint density at radius 3 is 2.76 bits per heavy atom. The summed E-state index contributed by atoms with van der Waals surface area (Å²) in [6, 6.07) is 7.23. The highest BCUT2D eigenvalue weighted by Gasteiger charge is 2.09. The summed E-state index contributed by atoms with van der Waals surface area (Å²) in [7, 11) is 0. The van der Waals surface area contributed by atoms with E-state index in [4.69, 9.17) is 21.4 Å². The SMILES string of the molecule is OCCOCCNCC(O)c1ccccc1Cl. The molecule has 0 amide bonds. The molecule has 1 atom stereocenters. The molecule has 1 rings (SSSR count). The number of ether oxygens (including phenoxy) is 1. The molecule has 0 radical (unpaired) electrons. The fraction of sp³-hybridized carbons (Fsp3) is 0.500. The lowest BCUT2D eigenvalue weighted by molar-refractivity contribution is 0.0910. The highest BCUT2D eigenvalue weighted by atomic mass is 35.5. The van der Waals surface area contributed by atoms with Crippen LogP contribution < -0.4 is 5.32 Å². The van der Waals surface area contributed by atoms with Crippen molar-refractivity contribution in [3.63, 3.8) is 0 Å². The molecule has 5 heteroatoms. The van der Waals surface area contributed by atoms with Crippen LogP contribution in [0.5, 0.6) is 0 Å². The lowest BCUT2D eigenvalue weighted by Crippen LogP contribution is -2.25. The van der Waals surface area contributed by atoms with E-state index in [-0.39, 0.29) is 6.61 Å². The first kappa shape index (κ1) is 14.4. The largest absolute Gasteiger partial charge is 0.394 e. The molecule has 3 N–H and O–H groups in total. The van der Waals surface area contributed by atoms with Gasteiger partial charge < -0.3 is 20.3 Å². The molecule has 0 aliphatic carbocycles. The van der Waals surface area contributed by atoms with E-state index in [1.54, 1.807) is 12.1 Å². The smallest absolute Gasteiger partial charge is 0.0928 e. The summed E-state index contributed by atoms with van der Waals surface area (Å²) in [6.07, 6.45) is -0.624. The van der Waals surface area contributed by atoms with E-state index in [0.29, 0.717) is 31.3 Å². The van der Waals surface area contributed by atoms with Gasteiger partial charge >= 0.3 is 0 Å². The summed E-state index contributed by atoms with van der Waals surface area (Å²) in [6.45, 7) is 1.93. The Bertz CT molecular complexity index is 322. The van der Waals surface area contributed by atoms with Gasteiger partial charge in [0.05, 0.1) is 25.9 Å². The zero-order valence-electron chi connectivity index (χ0n) is 9.60. The second-order valence-electron chi connectivity index (χ2n) is 3.58. The van der Waals surface area contributed by atoms with Crippen molar-refractivity contribution >= 4 is 11.6 Å². The van der Waals surface area contributed by atoms with E-state index >= 15 is 0 Å². The Labute approximate surface area is 106 Å². The van der Waals surface area contributed by atoms with Crippen LogP contribution in [0.3, 0.4) is 0 Å². The van der Waals surface area contributed by atoms with Gasteiger partial charge in [0.25, 0.3) is 0 Å². The van der Waals surface area contributed by atoms with Gasteiger partial charge in [0.15, 0.2) is 0 Å². The predicted molar refractivity (Wildman–Crippen MR) is 67.2 cm³/mol. The van der Waals surface area contributed by atoms with Crippen LogP contribution in [0.4, 0.5) is 0 Å². The summed E-state index contributed by atoms with van der Waals surface area (Å²) in [5, 5.41) is 22.0. The molecule has 4 nitrogen and oxygen atoms in total. The molecule has 0 aliphatic rings. The molecule has 0 heterocycles. The van der Waals surface area contributed by atoms with Gasteiger partial charge in [-0.25, -0.2) is 0 Å². The first-order valence-corrected chi connectivity index (χ1v) is 5.95. The second-order valence-corrected chi connectivity index (χ2v) is 3.98. The van der Waals surface area contributed by atoms with Crippen molar-refractivity contribution in [2.75, 3.05) is 32.9 Å². The zero-order valence-corrected chi connectivity index (χ0v) is 10.4. The van der Waals surface area contributed by atoms with Gasteiger partial charge in [-0.2, -0.15) is 0 Å². The van der Waals surface area contributed by atoms with E-state index in [9.17, 15) is 5.11 Å². The summed E-state index contributed by atoms with van der Waals surface area (Å²) < 4.78 is 5.07. The number of halogens is 1. The normalized spacial score (nSPS) is 12.6. The number of aliphatic hydroxyl groups is 2. The maximum atomic E-state index is 9.88. The van der Waals surface area contributed by atoms with Gasteiger partial charge in [0.2, 0.25) is 0 Å². The molecule has 0 bridgehead atoms. The summed E-state index contributed by atoms with van der Waals surface area (Å²) in [5.41, 5.74) is 0.720. The van der Waals surface area contributed by atoms with Crippen molar-refractivity contribution in [2.24, 2.45) is 0 Å². The average Bonchev–Trinajstić information content (AvgIpc) is 2.34. The van der Waals surface area contributed by atoms with E-state index in [1.165, 1.54) is 0 Å². The first-order valence-electron chi connectivity index (χ1n) is 5.57. The second kappa shape index (κ2) is 8.44. The van der Waals surface area contributed by atoms with Crippen LogP contribution >= 0.6 is 11.6 Å². The van der Waals surface area contributed by atoms with Crippen molar-refractivity contribution in [1.82, 2.24) is 5.32 Å². The molecular weight excluding hydrogens is 242 g/mol. The highest BCUT2D eigenvalue weighted by molar-refractivity contribution is 6.31. The summed E-state index contributed by atoms with van der Waals surface area (Å²) >= 11 is 5.96. The molecule has 17 heavy (non-hydrogen) atoms. The lowest BCUT2D eigenvalue weighted by atomic mass is 10.1. The molecule has 0 saturated heterocycles. The zero-order chi connectivity index (χ0) is 12.5. The highest BCUT2D eigenvalue weighted by Crippen LogP contribution is 2.21. The van der Waals surface area contributed by atoms with Crippen LogP contribution in [0.25, 0.3) is 0 Å². The third kappa shape index (κ3) is 5.48. The van der Waals surface area contributed by atoms with Crippen molar-refractivity contribution in [3.8, 4) is 0 Å². The van der Waals surface area contributed by atoms with Gasteiger partial charge in [-0.3, -0.25) is 0 Å². The van der Waals surface area contributed by atoms with Crippen LogP contribution in [0.1, 0.15) is 11.7 Å². The van der Waals surface area contributed by atoms with Gasteiger partial charge in [-0.1, -0.05) is 29.8 Å². The minimum absolute atomic E-state index is 0.0300. The summed E-state index contributed by atoms with van der Waals surface area (Å²) in [4.78, 5) is 0. The maximum absolute atomic E-state index is 9.88. The maximum Gasteiger partial charge on any atom is 0.0928 e. The number of rotatable bonds is 8. The van der Waals surface area contributed by atoms with E-state index < -0.39 is 6.10 Å². The van der Waals surface area contributed by atoms with E-state index in [1.807, 2.05) is 12.1 Å². The number of hydrogen-bond donors (Lipinski definition) is 3. The van der Waals surface area contributed by atoms with E-state index in [0.717, 1.165) is 5.56 Å². The average molecular weight is 260 g/mol. The lowest BCUT2D eigenvalue weighted by Gasteiger charge is -2.13. The molecular formula is C12H18ClNO3. The number of aliphatic hydroxyl groups excluding tert-OH is 2. The fourth-order valence-corrected chi connectivity index (χ4v) is 1.67.